The Kier molecular flexibility index (Phi) is 3.71. The summed E-state index contributed by atoms with van der Waals surface area (Å²) in [4.78, 5) is 0. The number of benzene rings is 2. The summed E-state index contributed by atoms with van der Waals surface area (Å²) in [7, 11) is -1.45. The van der Waals surface area contributed by atoms with E-state index >= 15 is 0 Å². The fraction of sp³-hybridized carbons (Fsp3) is 0.200. The molecule has 2 aromatic rings. The second kappa shape index (κ2) is 5.25. The molecule has 1 radical (unpaired) electrons. The highest BCUT2D eigenvalue weighted by Crippen LogP contribution is 2.21. The lowest BCUT2D eigenvalue weighted by molar-refractivity contribution is 0.598. The maximum atomic E-state index is 12.3. The third kappa shape index (κ3) is 2.81. The molecule has 0 aliphatic heterocycles. The minimum absolute atomic E-state index is 0.513. The van der Waals surface area contributed by atoms with Crippen molar-refractivity contribution in [1.82, 2.24) is 0 Å². The standard InChI is InChI=1S/C15H16OP/c1-12(2)13-8-10-15(11-9-13)17(16)14-6-4-3-5-7-14/h3-12H,1-2H3. The van der Waals surface area contributed by atoms with Crippen molar-refractivity contribution in [3.8, 4) is 0 Å². The largest absolute Gasteiger partial charge is 0.277 e. The van der Waals surface area contributed by atoms with E-state index < -0.39 is 7.80 Å². The normalized spacial score (nSPS) is 11.6. The lowest BCUT2D eigenvalue weighted by Gasteiger charge is -2.06. The number of rotatable bonds is 3. The molecule has 0 amide bonds. The van der Waals surface area contributed by atoms with Crippen molar-refractivity contribution in [2.75, 3.05) is 0 Å². The van der Waals surface area contributed by atoms with Gasteiger partial charge in [0.25, 0.3) is 0 Å². The summed E-state index contributed by atoms with van der Waals surface area (Å²) in [5.74, 6) is 0.513. The highest BCUT2D eigenvalue weighted by molar-refractivity contribution is 7.61. The monoisotopic (exact) mass is 243 g/mol. The van der Waals surface area contributed by atoms with Crippen LogP contribution in [-0.2, 0) is 4.57 Å². The Labute approximate surface area is 103 Å². The smallest absolute Gasteiger partial charge is 0.136 e. The molecule has 0 aliphatic carbocycles. The van der Waals surface area contributed by atoms with Gasteiger partial charge in [-0.1, -0.05) is 44.2 Å². The molecule has 0 aromatic heterocycles. The first-order valence-corrected chi connectivity index (χ1v) is 7.06. The third-order valence-corrected chi connectivity index (χ3v) is 4.32. The zero-order chi connectivity index (χ0) is 12.3. The van der Waals surface area contributed by atoms with Gasteiger partial charge in [-0.15, -0.1) is 0 Å². The van der Waals surface area contributed by atoms with Gasteiger partial charge in [0.05, 0.1) is 0 Å². The van der Waals surface area contributed by atoms with E-state index in [-0.39, 0.29) is 0 Å². The third-order valence-electron chi connectivity index (χ3n) is 2.78. The molecule has 0 bridgehead atoms. The molecule has 1 unspecified atom stereocenters. The molecule has 1 nitrogen and oxygen atoms in total. The van der Waals surface area contributed by atoms with Gasteiger partial charge in [-0.05, 0) is 35.7 Å². The zero-order valence-corrected chi connectivity index (χ0v) is 11.0. The highest BCUT2D eigenvalue weighted by atomic mass is 31.1. The van der Waals surface area contributed by atoms with E-state index in [1.807, 2.05) is 42.5 Å². The predicted octanol–water partition coefficient (Wildman–Crippen LogP) is 3.59. The Balaban J connectivity index is 2.27. The van der Waals surface area contributed by atoms with Crippen molar-refractivity contribution in [3.63, 3.8) is 0 Å². The maximum absolute atomic E-state index is 12.3. The van der Waals surface area contributed by atoms with E-state index in [1.165, 1.54) is 5.56 Å². The molecule has 1 atom stereocenters. The van der Waals surface area contributed by atoms with Crippen molar-refractivity contribution >= 4 is 18.4 Å². The first kappa shape index (κ1) is 12.0. The Hall–Kier alpha value is -1.46. The van der Waals surface area contributed by atoms with E-state index in [0.717, 1.165) is 10.6 Å². The molecular formula is C15H16OP. The summed E-state index contributed by atoms with van der Waals surface area (Å²) in [6.07, 6.45) is 0. The van der Waals surface area contributed by atoms with Crippen LogP contribution in [0.5, 0.6) is 0 Å². The van der Waals surface area contributed by atoms with Gasteiger partial charge in [0.1, 0.15) is 7.80 Å². The molecule has 0 N–H and O–H groups in total. The van der Waals surface area contributed by atoms with Crippen LogP contribution in [0.3, 0.4) is 0 Å². The molecule has 87 valence electrons. The molecule has 2 heteroatoms. The van der Waals surface area contributed by atoms with Crippen LogP contribution in [0, 0.1) is 0 Å². The Morgan fingerprint density at radius 2 is 1.35 bits per heavy atom. The molecule has 0 saturated carbocycles. The summed E-state index contributed by atoms with van der Waals surface area (Å²) in [6, 6.07) is 17.7. The summed E-state index contributed by atoms with van der Waals surface area (Å²) < 4.78 is 12.3. The van der Waals surface area contributed by atoms with Crippen LogP contribution in [0.15, 0.2) is 54.6 Å². The lowest BCUT2D eigenvalue weighted by atomic mass is 10.0. The van der Waals surface area contributed by atoms with Gasteiger partial charge in [-0.25, -0.2) is 0 Å². The van der Waals surface area contributed by atoms with Crippen LogP contribution in [0.2, 0.25) is 0 Å². The summed E-state index contributed by atoms with van der Waals surface area (Å²) in [5, 5.41) is 1.79. The van der Waals surface area contributed by atoms with Crippen molar-refractivity contribution < 1.29 is 4.57 Å². The molecular weight excluding hydrogens is 227 g/mol. The highest BCUT2D eigenvalue weighted by Gasteiger charge is 2.07. The van der Waals surface area contributed by atoms with Crippen LogP contribution in [0.1, 0.15) is 25.3 Å². The summed E-state index contributed by atoms with van der Waals surface area (Å²) in [6.45, 7) is 4.32. The zero-order valence-electron chi connectivity index (χ0n) is 10.1. The molecule has 17 heavy (non-hydrogen) atoms. The van der Waals surface area contributed by atoms with Crippen LogP contribution < -0.4 is 10.6 Å². The van der Waals surface area contributed by atoms with Crippen molar-refractivity contribution in [1.29, 1.82) is 0 Å². The first-order chi connectivity index (χ1) is 8.18. The molecule has 2 aromatic carbocycles. The van der Waals surface area contributed by atoms with E-state index in [0.29, 0.717) is 5.92 Å². The van der Waals surface area contributed by atoms with E-state index in [4.69, 9.17) is 0 Å². The fourth-order valence-corrected chi connectivity index (χ4v) is 2.87. The van der Waals surface area contributed by atoms with Crippen LogP contribution in [0.25, 0.3) is 0 Å². The molecule has 0 aliphatic rings. The van der Waals surface area contributed by atoms with Gasteiger partial charge in [0, 0.05) is 10.6 Å². The van der Waals surface area contributed by atoms with Crippen LogP contribution >= 0.6 is 7.80 Å². The number of hydrogen-bond acceptors (Lipinski definition) is 1. The van der Waals surface area contributed by atoms with Gasteiger partial charge >= 0.3 is 0 Å². The second-order valence-corrected chi connectivity index (χ2v) is 6.00. The predicted molar refractivity (Wildman–Crippen MR) is 73.8 cm³/mol. The Morgan fingerprint density at radius 3 is 1.88 bits per heavy atom. The van der Waals surface area contributed by atoms with Gasteiger partial charge in [-0.3, -0.25) is 4.57 Å². The van der Waals surface area contributed by atoms with Gasteiger partial charge < -0.3 is 0 Å². The topological polar surface area (TPSA) is 17.1 Å². The van der Waals surface area contributed by atoms with Crippen LogP contribution in [-0.4, -0.2) is 0 Å². The molecule has 2 rings (SSSR count). The minimum atomic E-state index is -1.45. The molecule has 0 spiro atoms. The van der Waals surface area contributed by atoms with Crippen molar-refractivity contribution in [2.45, 2.75) is 19.8 Å². The second-order valence-electron chi connectivity index (χ2n) is 4.38. The lowest BCUT2D eigenvalue weighted by Crippen LogP contribution is -2.06. The summed E-state index contributed by atoms with van der Waals surface area (Å²) >= 11 is 0. The average Bonchev–Trinajstić information content (AvgIpc) is 2.39. The summed E-state index contributed by atoms with van der Waals surface area (Å²) in [5.41, 5.74) is 1.28. The quantitative estimate of drug-likeness (QED) is 0.753. The van der Waals surface area contributed by atoms with E-state index in [2.05, 4.69) is 26.0 Å². The Bertz CT molecular complexity index is 500. The van der Waals surface area contributed by atoms with Crippen LogP contribution in [0.4, 0.5) is 0 Å². The average molecular weight is 243 g/mol. The maximum Gasteiger partial charge on any atom is 0.136 e. The van der Waals surface area contributed by atoms with Gasteiger partial charge in [0.15, 0.2) is 0 Å². The fourth-order valence-electron chi connectivity index (χ4n) is 1.71. The SMILES string of the molecule is CC(C)c1ccc([P](=O)c2ccccc2)cc1. The molecule has 0 saturated heterocycles. The van der Waals surface area contributed by atoms with Gasteiger partial charge in [-0.2, -0.15) is 0 Å². The Morgan fingerprint density at radius 1 is 0.824 bits per heavy atom. The number of hydrogen-bond donors (Lipinski definition) is 0. The van der Waals surface area contributed by atoms with E-state index in [1.54, 1.807) is 0 Å². The molecule has 0 heterocycles. The van der Waals surface area contributed by atoms with Crippen molar-refractivity contribution in [2.24, 2.45) is 0 Å². The van der Waals surface area contributed by atoms with Crippen molar-refractivity contribution in [3.05, 3.63) is 60.2 Å². The van der Waals surface area contributed by atoms with E-state index in [9.17, 15) is 4.57 Å². The molecule has 0 fully saturated rings. The van der Waals surface area contributed by atoms with Gasteiger partial charge in [0.2, 0.25) is 0 Å². The first-order valence-electron chi connectivity index (χ1n) is 5.81. The minimum Gasteiger partial charge on any atom is -0.277 e.